The molecule has 3 N–H and O–H groups in total. The molecule has 0 aliphatic carbocycles. The van der Waals surface area contributed by atoms with Crippen LogP contribution in [0.2, 0.25) is 0 Å². The van der Waals surface area contributed by atoms with E-state index in [9.17, 15) is 13.9 Å². The van der Waals surface area contributed by atoms with Crippen molar-refractivity contribution in [1.29, 1.82) is 0 Å². The molecule has 32 heavy (non-hydrogen) atoms. The van der Waals surface area contributed by atoms with Crippen molar-refractivity contribution < 1.29 is 18.6 Å². The second-order valence-corrected chi connectivity index (χ2v) is 7.59. The Hall–Kier alpha value is -1.24. The van der Waals surface area contributed by atoms with Gasteiger partial charge in [-0.15, -0.1) is 24.0 Å². The van der Waals surface area contributed by atoms with Gasteiger partial charge in [0.25, 0.3) is 0 Å². The summed E-state index contributed by atoms with van der Waals surface area (Å²) < 4.78 is 28.8. The third-order valence-corrected chi connectivity index (χ3v) is 5.36. The van der Waals surface area contributed by atoms with Gasteiger partial charge in [0.1, 0.15) is 5.75 Å². The number of unbranched alkanes of at least 4 members (excludes halogenated alkanes) is 1. The normalized spacial score (nSPS) is 16.5. The molecule has 1 aromatic carbocycles. The number of nitrogens with one attached hydrogen (secondary N) is 2. The van der Waals surface area contributed by atoms with Gasteiger partial charge < -0.3 is 30.3 Å². The number of benzene rings is 1. The quantitative estimate of drug-likeness (QED) is 0.156. The zero-order valence-corrected chi connectivity index (χ0v) is 21.4. The lowest BCUT2D eigenvalue weighted by Crippen LogP contribution is -2.46. The molecule has 1 fully saturated rings. The van der Waals surface area contributed by atoms with E-state index in [1.807, 2.05) is 6.92 Å². The molecule has 184 valence electrons. The number of hydrogen-bond acceptors (Lipinski definition) is 5. The van der Waals surface area contributed by atoms with E-state index in [-0.39, 0.29) is 36.3 Å². The van der Waals surface area contributed by atoms with Gasteiger partial charge in [-0.2, -0.15) is 8.78 Å². The standard InChI is InChI=1S/C22H37F2N5O2.HI/c1-3-25-22(26-11-5-6-12-29-15-13-28(4-2)14-16-29)27-17-20(30)18-7-9-19(10-8-18)31-21(23)24;/h7-10,20-21,30H,3-6,11-17H2,1-2H3,(H2,25,26,27);1H. The Balaban J connectivity index is 0.00000512. The fraction of sp³-hybridized carbons (Fsp3) is 0.682. The lowest BCUT2D eigenvalue weighted by molar-refractivity contribution is -0.0498. The van der Waals surface area contributed by atoms with Crippen LogP contribution in [0.15, 0.2) is 29.3 Å². The Morgan fingerprint density at radius 2 is 1.72 bits per heavy atom. The highest BCUT2D eigenvalue weighted by Gasteiger charge is 2.14. The SMILES string of the molecule is CCNC(=NCC(O)c1ccc(OC(F)F)cc1)NCCCCN1CCN(CC)CC1.I. The largest absolute Gasteiger partial charge is 0.435 e. The Kier molecular flexibility index (Phi) is 14.7. The number of hydrogen-bond donors (Lipinski definition) is 3. The van der Waals surface area contributed by atoms with Gasteiger partial charge in [0, 0.05) is 39.3 Å². The number of aliphatic hydroxyl groups is 1. The molecule has 1 atom stereocenters. The van der Waals surface area contributed by atoms with Gasteiger partial charge in [-0.3, -0.25) is 4.99 Å². The van der Waals surface area contributed by atoms with Gasteiger partial charge in [-0.1, -0.05) is 19.1 Å². The number of nitrogens with zero attached hydrogens (tertiary/aromatic N) is 3. The maximum atomic E-state index is 12.2. The van der Waals surface area contributed by atoms with Crippen LogP contribution in [0, 0.1) is 0 Å². The number of aliphatic imine (C=N–C) groups is 1. The average Bonchev–Trinajstić information content (AvgIpc) is 2.77. The molecule has 2 rings (SSSR count). The minimum atomic E-state index is -2.86. The number of rotatable bonds is 12. The highest BCUT2D eigenvalue weighted by molar-refractivity contribution is 14.0. The molecule has 0 radical (unpaired) electrons. The van der Waals surface area contributed by atoms with Crippen molar-refractivity contribution in [2.24, 2.45) is 4.99 Å². The fourth-order valence-corrected chi connectivity index (χ4v) is 3.49. The van der Waals surface area contributed by atoms with Crippen molar-refractivity contribution in [3.8, 4) is 5.75 Å². The predicted octanol–water partition coefficient (Wildman–Crippen LogP) is 2.91. The lowest BCUT2D eigenvalue weighted by atomic mass is 10.1. The molecule has 0 spiro atoms. The van der Waals surface area contributed by atoms with Crippen molar-refractivity contribution in [3.63, 3.8) is 0 Å². The highest BCUT2D eigenvalue weighted by atomic mass is 127. The summed E-state index contributed by atoms with van der Waals surface area (Å²) in [5.41, 5.74) is 0.601. The fourth-order valence-electron chi connectivity index (χ4n) is 3.49. The second-order valence-electron chi connectivity index (χ2n) is 7.59. The van der Waals surface area contributed by atoms with Crippen molar-refractivity contribution in [2.75, 3.05) is 58.9 Å². The summed E-state index contributed by atoms with van der Waals surface area (Å²) in [6.45, 7) is 9.95. The molecule has 1 saturated heterocycles. The van der Waals surface area contributed by atoms with Gasteiger partial charge in [0.2, 0.25) is 0 Å². The summed E-state index contributed by atoms with van der Waals surface area (Å²) in [5, 5.41) is 16.8. The number of guanidine groups is 1. The smallest absolute Gasteiger partial charge is 0.387 e. The number of likely N-dealkylation sites (N-methyl/N-ethyl adjacent to an activating group) is 1. The molecule has 0 aromatic heterocycles. The minimum Gasteiger partial charge on any atom is -0.435 e. The van der Waals surface area contributed by atoms with Gasteiger partial charge >= 0.3 is 6.61 Å². The number of aliphatic hydroxyl groups excluding tert-OH is 1. The maximum Gasteiger partial charge on any atom is 0.387 e. The molecule has 0 saturated carbocycles. The molecule has 1 aliphatic rings. The number of ether oxygens (including phenoxy) is 1. The molecule has 7 nitrogen and oxygen atoms in total. The Labute approximate surface area is 207 Å². The Morgan fingerprint density at radius 1 is 1.06 bits per heavy atom. The van der Waals surface area contributed by atoms with Gasteiger partial charge in [0.05, 0.1) is 12.6 Å². The van der Waals surface area contributed by atoms with E-state index in [4.69, 9.17) is 0 Å². The van der Waals surface area contributed by atoms with E-state index in [1.165, 1.54) is 12.1 Å². The molecule has 0 amide bonds. The Morgan fingerprint density at radius 3 is 2.31 bits per heavy atom. The summed E-state index contributed by atoms with van der Waals surface area (Å²) in [6, 6.07) is 5.97. The average molecular weight is 569 g/mol. The van der Waals surface area contributed by atoms with Gasteiger partial charge in [0.15, 0.2) is 5.96 Å². The molecular formula is C22H38F2IN5O2. The summed E-state index contributed by atoms with van der Waals surface area (Å²) in [6.07, 6.45) is 1.36. The Bertz CT molecular complexity index is 644. The van der Waals surface area contributed by atoms with Gasteiger partial charge in [-0.25, -0.2) is 0 Å². The first kappa shape index (κ1) is 28.8. The van der Waals surface area contributed by atoms with Crippen LogP contribution in [-0.2, 0) is 0 Å². The molecule has 1 heterocycles. The van der Waals surface area contributed by atoms with Crippen LogP contribution in [-0.4, -0.2) is 86.4 Å². The summed E-state index contributed by atoms with van der Waals surface area (Å²) in [7, 11) is 0. The molecule has 1 unspecified atom stereocenters. The first-order valence-corrected chi connectivity index (χ1v) is 11.2. The number of piperazine rings is 1. The van der Waals surface area contributed by atoms with Crippen LogP contribution in [0.4, 0.5) is 8.78 Å². The van der Waals surface area contributed by atoms with Crippen molar-refractivity contribution >= 4 is 29.9 Å². The second kappa shape index (κ2) is 16.4. The minimum absolute atomic E-state index is 0. The molecular weight excluding hydrogens is 531 g/mol. The van der Waals surface area contributed by atoms with Crippen LogP contribution in [0.5, 0.6) is 5.75 Å². The first-order valence-electron chi connectivity index (χ1n) is 11.2. The van der Waals surface area contributed by atoms with E-state index in [0.717, 1.165) is 65.2 Å². The first-order chi connectivity index (χ1) is 15.0. The van der Waals surface area contributed by atoms with Crippen molar-refractivity contribution in [1.82, 2.24) is 20.4 Å². The van der Waals surface area contributed by atoms with Crippen molar-refractivity contribution in [2.45, 2.75) is 39.4 Å². The van der Waals surface area contributed by atoms with E-state index < -0.39 is 12.7 Å². The monoisotopic (exact) mass is 569 g/mol. The predicted molar refractivity (Wildman–Crippen MR) is 135 cm³/mol. The summed E-state index contributed by atoms with van der Waals surface area (Å²) in [4.78, 5) is 9.45. The van der Waals surface area contributed by atoms with E-state index >= 15 is 0 Å². The lowest BCUT2D eigenvalue weighted by Gasteiger charge is -2.34. The molecule has 1 aromatic rings. The zero-order valence-electron chi connectivity index (χ0n) is 19.1. The van der Waals surface area contributed by atoms with Crippen LogP contribution in [0.3, 0.4) is 0 Å². The van der Waals surface area contributed by atoms with Crippen LogP contribution < -0.4 is 15.4 Å². The molecule has 1 aliphatic heterocycles. The van der Waals surface area contributed by atoms with E-state index in [0.29, 0.717) is 11.5 Å². The van der Waals surface area contributed by atoms with Crippen LogP contribution in [0.25, 0.3) is 0 Å². The van der Waals surface area contributed by atoms with E-state index in [2.05, 4.69) is 37.1 Å². The third-order valence-electron chi connectivity index (χ3n) is 5.36. The van der Waals surface area contributed by atoms with Gasteiger partial charge in [-0.05, 0) is 50.6 Å². The number of halogens is 3. The van der Waals surface area contributed by atoms with Crippen molar-refractivity contribution in [3.05, 3.63) is 29.8 Å². The highest BCUT2D eigenvalue weighted by Crippen LogP contribution is 2.19. The maximum absolute atomic E-state index is 12.2. The van der Waals surface area contributed by atoms with E-state index in [1.54, 1.807) is 12.1 Å². The summed E-state index contributed by atoms with van der Waals surface area (Å²) in [5.74, 6) is 0.729. The third kappa shape index (κ3) is 11.1. The molecule has 10 heteroatoms. The van der Waals surface area contributed by atoms with Crippen LogP contribution >= 0.6 is 24.0 Å². The molecule has 0 bridgehead atoms. The number of alkyl halides is 2. The topological polar surface area (TPSA) is 72.4 Å². The zero-order chi connectivity index (χ0) is 22.5. The summed E-state index contributed by atoms with van der Waals surface area (Å²) >= 11 is 0. The van der Waals surface area contributed by atoms with Crippen LogP contribution in [0.1, 0.15) is 38.4 Å².